The molecule has 3 nitrogen and oxygen atoms in total. The molecule has 2 N–H and O–H groups in total. The van der Waals surface area contributed by atoms with Crippen molar-refractivity contribution in [3.63, 3.8) is 0 Å². The number of benzene rings is 2. The summed E-state index contributed by atoms with van der Waals surface area (Å²) in [5.41, 5.74) is 7.77. The maximum Gasteiger partial charge on any atom is 0.307 e. The van der Waals surface area contributed by atoms with Crippen molar-refractivity contribution in [3.05, 3.63) is 58.1 Å². The fourth-order valence-electron chi connectivity index (χ4n) is 2.32. The summed E-state index contributed by atoms with van der Waals surface area (Å²) < 4.78 is 4.70. The summed E-state index contributed by atoms with van der Waals surface area (Å²) >= 11 is 12.6. The standard InChI is InChI=1S/C17H17Cl2NO2.ClH/c1-17(20,10-15(21)22-2)14-8-4-7-13(16(14)19)11-5-3-6-12(18)9-11;/h3-9H,10,20H2,1-2H3;1H/t17-;/m0./s1. The number of esters is 1. The molecule has 0 fully saturated rings. The first kappa shape index (κ1) is 19.8. The molecule has 2 aromatic carbocycles. The van der Waals surface area contributed by atoms with Crippen LogP contribution in [0.2, 0.25) is 10.0 Å². The van der Waals surface area contributed by atoms with Gasteiger partial charge in [0.15, 0.2) is 0 Å². The lowest BCUT2D eigenvalue weighted by atomic mass is 9.87. The molecule has 0 aliphatic heterocycles. The van der Waals surface area contributed by atoms with E-state index in [2.05, 4.69) is 0 Å². The van der Waals surface area contributed by atoms with Crippen LogP contribution in [0.4, 0.5) is 0 Å². The van der Waals surface area contributed by atoms with Gasteiger partial charge in [0.05, 0.1) is 24.1 Å². The summed E-state index contributed by atoms with van der Waals surface area (Å²) in [6.07, 6.45) is 0.0439. The van der Waals surface area contributed by atoms with Gasteiger partial charge in [-0.15, -0.1) is 12.4 Å². The molecular weight excluding hydrogens is 357 g/mol. The van der Waals surface area contributed by atoms with Crippen LogP contribution in [0.5, 0.6) is 0 Å². The van der Waals surface area contributed by atoms with Crippen LogP contribution >= 0.6 is 35.6 Å². The fraction of sp³-hybridized carbons (Fsp3) is 0.235. The van der Waals surface area contributed by atoms with E-state index in [4.69, 9.17) is 33.7 Å². The first-order valence-electron chi connectivity index (χ1n) is 6.76. The lowest BCUT2D eigenvalue weighted by Gasteiger charge is -2.26. The first-order chi connectivity index (χ1) is 10.3. The molecule has 0 saturated carbocycles. The SMILES string of the molecule is COC(=O)C[C@](C)(N)c1cccc(-c2cccc(Cl)c2)c1Cl.Cl. The summed E-state index contributed by atoms with van der Waals surface area (Å²) in [7, 11) is 1.34. The molecule has 0 spiro atoms. The number of carbonyl (C=O) groups is 1. The van der Waals surface area contributed by atoms with Gasteiger partial charge >= 0.3 is 5.97 Å². The highest BCUT2D eigenvalue weighted by Gasteiger charge is 2.28. The molecule has 0 bridgehead atoms. The number of halogens is 3. The topological polar surface area (TPSA) is 52.3 Å². The van der Waals surface area contributed by atoms with Crippen LogP contribution < -0.4 is 5.73 Å². The van der Waals surface area contributed by atoms with E-state index in [-0.39, 0.29) is 24.8 Å². The minimum atomic E-state index is -0.918. The Hall–Kier alpha value is -1.26. The summed E-state index contributed by atoms with van der Waals surface area (Å²) in [6, 6.07) is 13.0. The van der Waals surface area contributed by atoms with Crippen LogP contribution in [0.1, 0.15) is 18.9 Å². The van der Waals surface area contributed by atoms with Gasteiger partial charge in [0.1, 0.15) is 0 Å². The summed E-state index contributed by atoms with van der Waals surface area (Å²) in [5, 5.41) is 1.14. The summed E-state index contributed by atoms with van der Waals surface area (Å²) in [6.45, 7) is 1.76. The Kier molecular flexibility index (Phi) is 6.90. The van der Waals surface area contributed by atoms with Gasteiger partial charge in [0, 0.05) is 10.6 Å². The number of hydrogen-bond donors (Lipinski definition) is 1. The van der Waals surface area contributed by atoms with E-state index in [9.17, 15) is 4.79 Å². The molecule has 0 amide bonds. The van der Waals surface area contributed by atoms with Crippen LogP contribution in [0, 0.1) is 0 Å². The third kappa shape index (κ3) is 4.61. The van der Waals surface area contributed by atoms with Crippen LogP contribution in [-0.2, 0) is 15.1 Å². The Bertz CT molecular complexity index is 702. The molecule has 2 aromatic rings. The second-order valence-corrected chi connectivity index (χ2v) is 6.16. The molecule has 2 rings (SSSR count). The quantitative estimate of drug-likeness (QED) is 0.781. The lowest BCUT2D eigenvalue weighted by Crippen LogP contribution is -2.36. The number of ether oxygens (including phenoxy) is 1. The van der Waals surface area contributed by atoms with Crippen molar-refractivity contribution < 1.29 is 9.53 Å². The zero-order chi connectivity index (χ0) is 16.3. The van der Waals surface area contributed by atoms with E-state index in [1.807, 2.05) is 36.4 Å². The minimum absolute atomic E-state index is 0. The molecule has 0 aromatic heterocycles. The number of nitrogens with two attached hydrogens (primary N) is 1. The van der Waals surface area contributed by atoms with Crippen LogP contribution in [0.25, 0.3) is 11.1 Å². The van der Waals surface area contributed by atoms with E-state index in [1.165, 1.54) is 7.11 Å². The van der Waals surface area contributed by atoms with Crippen molar-refractivity contribution in [2.75, 3.05) is 7.11 Å². The van der Waals surface area contributed by atoms with Crippen molar-refractivity contribution in [2.45, 2.75) is 18.9 Å². The molecule has 124 valence electrons. The Morgan fingerprint density at radius 2 is 1.87 bits per heavy atom. The van der Waals surface area contributed by atoms with Gasteiger partial charge in [0.2, 0.25) is 0 Å². The van der Waals surface area contributed by atoms with Gasteiger partial charge in [-0.1, -0.05) is 53.5 Å². The highest BCUT2D eigenvalue weighted by molar-refractivity contribution is 6.34. The third-order valence-corrected chi connectivity index (χ3v) is 4.13. The van der Waals surface area contributed by atoms with Crippen molar-refractivity contribution in [1.29, 1.82) is 0 Å². The lowest BCUT2D eigenvalue weighted by molar-refractivity contribution is -0.141. The highest BCUT2D eigenvalue weighted by Crippen LogP contribution is 2.37. The molecule has 6 heteroatoms. The molecule has 0 aliphatic rings. The van der Waals surface area contributed by atoms with E-state index >= 15 is 0 Å². The van der Waals surface area contributed by atoms with E-state index in [0.29, 0.717) is 15.6 Å². The smallest absolute Gasteiger partial charge is 0.307 e. The van der Waals surface area contributed by atoms with Crippen LogP contribution in [0.3, 0.4) is 0 Å². The van der Waals surface area contributed by atoms with E-state index in [0.717, 1.165) is 11.1 Å². The summed E-state index contributed by atoms with van der Waals surface area (Å²) in [5.74, 6) is -0.380. The fourth-order valence-corrected chi connectivity index (χ4v) is 2.96. The predicted molar refractivity (Wildman–Crippen MR) is 97.3 cm³/mol. The van der Waals surface area contributed by atoms with Crippen LogP contribution in [0.15, 0.2) is 42.5 Å². The molecule has 0 saturated heterocycles. The van der Waals surface area contributed by atoms with Crippen LogP contribution in [-0.4, -0.2) is 13.1 Å². The van der Waals surface area contributed by atoms with Gasteiger partial charge in [-0.2, -0.15) is 0 Å². The predicted octanol–water partition coefficient (Wildman–Crippen LogP) is 4.82. The molecule has 0 aliphatic carbocycles. The van der Waals surface area contributed by atoms with Gasteiger partial charge in [-0.3, -0.25) is 4.79 Å². The zero-order valence-electron chi connectivity index (χ0n) is 12.8. The second-order valence-electron chi connectivity index (χ2n) is 5.35. The summed E-state index contributed by atoms with van der Waals surface area (Å²) in [4.78, 5) is 11.5. The number of rotatable bonds is 4. The Morgan fingerprint density at radius 3 is 2.48 bits per heavy atom. The van der Waals surface area contributed by atoms with Gasteiger partial charge in [0.25, 0.3) is 0 Å². The number of methoxy groups -OCH3 is 1. The Morgan fingerprint density at radius 1 is 1.22 bits per heavy atom. The van der Waals surface area contributed by atoms with E-state index in [1.54, 1.807) is 13.0 Å². The molecule has 1 atom stereocenters. The largest absolute Gasteiger partial charge is 0.469 e. The monoisotopic (exact) mass is 373 g/mol. The number of carbonyl (C=O) groups excluding carboxylic acids is 1. The van der Waals surface area contributed by atoms with Gasteiger partial charge < -0.3 is 10.5 Å². The highest BCUT2D eigenvalue weighted by atomic mass is 35.5. The van der Waals surface area contributed by atoms with Crippen molar-refractivity contribution in [3.8, 4) is 11.1 Å². The van der Waals surface area contributed by atoms with Crippen molar-refractivity contribution in [1.82, 2.24) is 0 Å². The molecule has 0 radical (unpaired) electrons. The molecule has 23 heavy (non-hydrogen) atoms. The molecule has 0 heterocycles. The molecule has 0 unspecified atom stereocenters. The molecular formula is C17H18Cl3NO2. The number of hydrogen-bond acceptors (Lipinski definition) is 3. The van der Waals surface area contributed by atoms with Crippen molar-refractivity contribution >= 4 is 41.6 Å². The normalized spacial score (nSPS) is 12.9. The van der Waals surface area contributed by atoms with Gasteiger partial charge in [-0.05, 0) is 30.2 Å². The maximum absolute atomic E-state index is 11.5. The average molecular weight is 375 g/mol. The van der Waals surface area contributed by atoms with Gasteiger partial charge in [-0.25, -0.2) is 0 Å². The Balaban J connectivity index is 0.00000264. The third-order valence-electron chi connectivity index (χ3n) is 3.49. The van der Waals surface area contributed by atoms with E-state index < -0.39 is 5.54 Å². The zero-order valence-corrected chi connectivity index (χ0v) is 15.1. The maximum atomic E-state index is 11.5. The average Bonchev–Trinajstić information content (AvgIpc) is 2.46. The Labute approximate surface area is 152 Å². The first-order valence-corrected chi connectivity index (χ1v) is 7.51. The van der Waals surface area contributed by atoms with Crippen molar-refractivity contribution in [2.24, 2.45) is 5.73 Å². The minimum Gasteiger partial charge on any atom is -0.469 e. The second kappa shape index (κ2) is 8.02.